The van der Waals surface area contributed by atoms with Gasteiger partial charge in [-0.2, -0.15) is 4.48 Å². The molecule has 0 saturated carbocycles. The zero-order valence-corrected chi connectivity index (χ0v) is 21.3. The number of rotatable bonds is 7. The summed E-state index contributed by atoms with van der Waals surface area (Å²) in [4.78, 5) is 42.7. The fourth-order valence-corrected chi connectivity index (χ4v) is 3.71. The number of alkyl halides is 1. The summed E-state index contributed by atoms with van der Waals surface area (Å²) >= 11 is 5.83. The van der Waals surface area contributed by atoms with Crippen LogP contribution in [0.25, 0.3) is 0 Å². The van der Waals surface area contributed by atoms with Crippen LogP contribution in [0.5, 0.6) is 5.75 Å². The SMILES string of the molecule is CN(CCC1=NC=C[N+]1(C(=O)[O-])c1ccc(OC(=O)c2cccc(CCl)c2)cc1)C(=O)OC(C)(C)C. The molecule has 0 bridgehead atoms. The molecule has 0 aromatic heterocycles. The molecule has 0 N–H and O–H groups in total. The molecule has 1 atom stereocenters. The molecule has 1 aliphatic rings. The number of carboxylic acid groups (broad SMARTS) is 1. The molecule has 2 aromatic carbocycles. The number of halogens is 1. The smallest absolute Gasteiger partial charge is 0.410 e. The molecule has 2 aromatic rings. The Morgan fingerprint density at radius 3 is 2.42 bits per heavy atom. The first-order valence-electron chi connectivity index (χ1n) is 11.2. The van der Waals surface area contributed by atoms with Crippen LogP contribution in [-0.2, 0) is 10.6 Å². The molecular weight excluding hydrogens is 486 g/mol. The Labute approximate surface area is 214 Å². The Balaban J connectivity index is 1.74. The summed E-state index contributed by atoms with van der Waals surface area (Å²) in [5.74, 6) is 0.201. The van der Waals surface area contributed by atoms with Crippen molar-refractivity contribution in [2.24, 2.45) is 4.99 Å². The molecule has 0 saturated heterocycles. The van der Waals surface area contributed by atoms with Crippen molar-refractivity contribution in [3.05, 3.63) is 72.1 Å². The van der Waals surface area contributed by atoms with Crippen molar-refractivity contribution >= 4 is 41.3 Å². The number of amidine groups is 1. The fourth-order valence-electron chi connectivity index (χ4n) is 3.54. The highest BCUT2D eigenvalue weighted by atomic mass is 35.5. The summed E-state index contributed by atoms with van der Waals surface area (Å²) in [5.41, 5.74) is 0.806. The molecule has 0 spiro atoms. The zero-order chi connectivity index (χ0) is 26.5. The summed E-state index contributed by atoms with van der Waals surface area (Å²) in [6.45, 7) is 5.47. The van der Waals surface area contributed by atoms with Crippen molar-refractivity contribution in [1.82, 2.24) is 9.38 Å². The van der Waals surface area contributed by atoms with Gasteiger partial charge in [0.15, 0.2) is 0 Å². The molecule has 0 fully saturated rings. The molecule has 190 valence electrons. The number of hydrogen-bond donors (Lipinski definition) is 0. The lowest BCUT2D eigenvalue weighted by molar-refractivity contribution is -0.257. The molecule has 0 aliphatic carbocycles. The molecular formula is C26H28ClN3O6. The molecule has 2 amide bonds. The number of benzene rings is 2. The van der Waals surface area contributed by atoms with E-state index in [2.05, 4.69) is 4.99 Å². The Bertz CT molecular complexity index is 1200. The number of nitrogens with zero attached hydrogens (tertiary/aromatic N) is 3. The van der Waals surface area contributed by atoms with Gasteiger partial charge in [0, 0.05) is 31.6 Å². The lowest BCUT2D eigenvalue weighted by Crippen LogP contribution is -2.59. The van der Waals surface area contributed by atoms with Crippen LogP contribution in [0.2, 0.25) is 0 Å². The lowest BCUT2D eigenvalue weighted by Gasteiger charge is -2.32. The molecule has 1 unspecified atom stereocenters. The van der Waals surface area contributed by atoms with Crippen LogP contribution in [-0.4, -0.2) is 48.1 Å². The van der Waals surface area contributed by atoms with E-state index in [1.165, 1.54) is 41.6 Å². The molecule has 36 heavy (non-hydrogen) atoms. The molecule has 3 rings (SSSR count). The van der Waals surface area contributed by atoms with E-state index < -0.39 is 28.2 Å². The second-order valence-electron chi connectivity index (χ2n) is 9.20. The lowest BCUT2D eigenvalue weighted by atomic mass is 10.1. The molecule has 9 nitrogen and oxygen atoms in total. The third-order valence-corrected chi connectivity index (χ3v) is 5.67. The van der Waals surface area contributed by atoms with E-state index in [9.17, 15) is 19.5 Å². The van der Waals surface area contributed by atoms with Gasteiger partial charge in [-0.25, -0.2) is 14.6 Å². The second kappa shape index (κ2) is 10.9. The molecule has 1 aliphatic heterocycles. The predicted octanol–water partition coefficient (Wildman–Crippen LogP) is 4.44. The number of ether oxygens (including phenoxy) is 2. The van der Waals surface area contributed by atoms with Crippen molar-refractivity contribution in [3.63, 3.8) is 0 Å². The van der Waals surface area contributed by atoms with Gasteiger partial charge >= 0.3 is 12.1 Å². The van der Waals surface area contributed by atoms with E-state index in [-0.39, 0.29) is 30.4 Å². The normalized spacial score (nSPS) is 16.9. The van der Waals surface area contributed by atoms with Crippen LogP contribution in [0.3, 0.4) is 0 Å². The van der Waals surface area contributed by atoms with E-state index in [1.807, 2.05) is 0 Å². The monoisotopic (exact) mass is 513 g/mol. The number of aliphatic imine (C=N–C) groups is 1. The zero-order valence-electron chi connectivity index (χ0n) is 20.6. The minimum Gasteiger partial charge on any atom is -0.497 e. The van der Waals surface area contributed by atoms with Crippen molar-refractivity contribution in [2.75, 3.05) is 13.6 Å². The second-order valence-corrected chi connectivity index (χ2v) is 9.47. The Kier molecular flexibility index (Phi) is 8.17. The van der Waals surface area contributed by atoms with Gasteiger partial charge in [-0.05, 0) is 50.6 Å². The summed E-state index contributed by atoms with van der Waals surface area (Å²) < 4.78 is 9.99. The number of esters is 1. The summed E-state index contributed by atoms with van der Waals surface area (Å²) in [6.07, 6.45) is 0.992. The van der Waals surface area contributed by atoms with Gasteiger partial charge in [0.25, 0.3) is 6.09 Å². The van der Waals surface area contributed by atoms with Gasteiger partial charge < -0.3 is 24.3 Å². The van der Waals surface area contributed by atoms with Crippen LogP contribution >= 0.6 is 11.6 Å². The number of quaternary nitrogens is 1. The number of carbonyl (C=O) groups is 3. The topological polar surface area (TPSA) is 108 Å². The van der Waals surface area contributed by atoms with E-state index in [0.29, 0.717) is 11.3 Å². The largest absolute Gasteiger partial charge is 0.497 e. The highest BCUT2D eigenvalue weighted by Gasteiger charge is 2.41. The number of hydrogen-bond acceptors (Lipinski definition) is 7. The van der Waals surface area contributed by atoms with Crippen molar-refractivity contribution in [3.8, 4) is 5.75 Å². The van der Waals surface area contributed by atoms with Crippen LogP contribution < -0.4 is 14.3 Å². The van der Waals surface area contributed by atoms with E-state index >= 15 is 0 Å². The third kappa shape index (κ3) is 6.10. The molecule has 0 radical (unpaired) electrons. The minimum atomic E-state index is -1.41. The Morgan fingerprint density at radius 1 is 1.11 bits per heavy atom. The predicted molar refractivity (Wildman–Crippen MR) is 135 cm³/mol. The number of carbonyl (C=O) groups excluding carboxylic acids is 3. The quantitative estimate of drug-likeness (QED) is 0.234. The first kappa shape index (κ1) is 26.9. The fraction of sp³-hybridized carbons (Fsp3) is 0.308. The van der Waals surface area contributed by atoms with E-state index in [1.54, 1.807) is 52.1 Å². The van der Waals surface area contributed by atoms with Gasteiger partial charge in [0.05, 0.1) is 18.2 Å². The van der Waals surface area contributed by atoms with Crippen LogP contribution in [0.1, 0.15) is 43.1 Å². The van der Waals surface area contributed by atoms with Crippen LogP contribution in [0, 0.1) is 0 Å². The van der Waals surface area contributed by atoms with E-state index in [0.717, 1.165) is 5.56 Å². The molecule has 1 heterocycles. The highest BCUT2D eigenvalue weighted by Crippen LogP contribution is 2.31. The first-order valence-corrected chi connectivity index (χ1v) is 11.8. The summed E-state index contributed by atoms with van der Waals surface area (Å²) in [6, 6.07) is 12.8. The summed E-state index contributed by atoms with van der Waals surface area (Å²) in [7, 11) is 1.57. The van der Waals surface area contributed by atoms with Gasteiger partial charge in [-0.1, -0.05) is 12.1 Å². The van der Waals surface area contributed by atoms with Gasteiger partial charge in [-0.3, -0.25) is 0 Å². The standard InChI is InChI=1S/C26H28ClN3O6/c1-26(2,3)36-24(32)29(4)14-12-22-28-13-15-30(22,25(33)34)20-8-10-21(11-9-20)35-23(31)19-7-5-6-18(16-19)17-27/h5-11,13,15-16H,12,14,17H2,1-4H3. The van der Waals surface area contributed by atoms with E-state index in [4.69, 9.17) is 21.1 Å². The minimum absolute atomic E-state index is 0.157. The Morgan fingerprint density at radius 2 is 1.81 bits per heavy atom. The van der Waals surface area contributed by atoms with Crippen molar-refractivity contribution in [2.45, 2.75) is 38.7 Å². The van der Waals surface area contributed by atoms with Crippen LogP contribution in [0.4, 0.5) is 15.3 Å². The molecule has 10 heteroatoms. The van der Waals surface area contributed by atoms with Gasteiger partial charge in [0.2, 0.25) is 5.84 Å². The third-order valence-electron chi connectivity index (χ3n) is 5.36. The average molecular weight is 514 g/mol. The number of amides is 2. The maximum Gasteiger partial charge on any atom is 0.410 e. The maximum atomic E-state index is 12.5. The van der Waals surface area contributed by atoms with Gasteiger partial charge in [-0.15, -0.1) is 11.6 Å². The highest BCUT2D eigenvalue weighted by molar-refractivity contribution is 6.17. The summed E-state index contributed by atoms with van der Waals surface area (Å²) in [5, 5.41) is 12.3. The van der Waals surface area contributed by atoms with Crippen molar-refractivity contribution < 1.29 is 29.0 Å². The Hall–Kier alpha value is -3.69. The van der Waals surface area contributed by atoms with Gasteiger partial charge in [0.1, 0.15) is 23.2 Å². The van der Waals surface area contributed by atoms with Crippen LogP contribution in [0.15, 0.2) is 65.9 Å². The maximum absolute atomic E-state index is 12.5. The first-order chi connectivity index (χ1) is 17.0. The average Bonchev–Trinajstić information content (AvgIpc) is 3.27. The van der Waals surface area contributed by atoms with Crippen molar-refractivity contribution in [1.29, 1.82) is 0 Å².